The van der Waals surface area contributed by atoms with Gasteiger partial charge in [-0.15, -0.1) is 0 Å². The molecule has 0 radical (unpaired) electrons. The second-order valence-corrected chi connectivity index (χ2v) is 6.54. The Bertz CT molecular complexity index is 656. The lowest BCUT2D eigenvalue weighted by atomic mass is 9.98. The molecule has 4 rings (SSSR count). The first-order chi connectivity index (χ1) is 10.9. The van der Waals surface area contributed by atoms with Crippen LogP contribution in [-0.4, -0.2) is 67.6 Å². The summed E-state index contributed by atoms with van der Waals surface area (Å²) in [7, 11) is 0. The Hall–Kier alpha value is -1.80. The van der Waals surface area contributed by atoms with E-state index in [1.165, 1.54) is 0 Å². The predicted octanol–water partition coefficient (Wildman–Crippen LogP) is -1.26. The van der Waals surface area contributed by atoms with Crippen molar-refractivity contribution in [2.45, 2.75) is 36.9 Å². The monoisotopic (exact) mass is 319 g/mol. The van der Waals surface area contributed by atoms with Gasteiger partial charge < -0.3 is 20.4 Å². The molecule has 7 heteroatoms. The molecule has 1 aromatic carbocycles. The van der Waals surface area contributed by atoms with Crippen LogP contribution in [0.5, 0.6) is 0 Å². The molecule has 7 atom stereocenters. The summed E-state index contributed by atoms with van der Waals surface area (Å²) < 4.78 is 0. The molecule has 0 aromatic heterocycles. The Morgan fingerprint density at radius 1 is 0.783 bits per heavy atom. The largest absolute Gasteiger partial charge is 0.390 e. The van der Waals surface area contributed by atoms with Crippen LogP contribution >= 0.6 is 0 Å². The average Bonchev–Trinajstić information content (AvgIpc) is 3.31. The summed E-state index contributed by atoms with van der Waals surface area (Å²) in [6.45, 7) is 0. The Morgan fingerprint density at radius 2 is 1.30 bits per heavy atom. The summed E-state index contributed by atoms with van der Waals surface area (Å²) in [6, 6.07) is 5.44. The van der Waals surface area contributed by atoms with Gasteiger partial charge in [-0.25, -0.2) is 0 Å². The van der Waals surface area contributed by atoms with E-state index in [2.05, 4.69) is 0 Å². The van der Waals surface area contributed by atoms with Crippen molar-refractivity contribution >= 4 is 11.8 Å². The predicted molar refractivity (Wildman–Crippen MR) is 76.4 cm³/mol. The van der Waals surface area contributed by atoms with Crippen LogP contribution in [0.3, 0.4) is 0 Å². The molecule has 2 saturated carbocycles. The Balaban J connectivity index is 1.74. The van der Waals surface area contributed by atoms with Gasteiger partial charge in [0.1, 0.15) is 18.3 Å². The highest BCUT2D eigenvalue weighted by Crippen LogP contribution is 2.51. The van der Waals surface area contributed by atoms with Gasteiger partial charge >= 0.3 is 0 Å². The van der Waals surface area contributed by atoms with Crippen molar-refractivity contribution in [2.75, 3.05) is 0 Å². The zero-order valence-electron chi connectivity index (χ0n) is 12.1. The van der Waals surface area contributed by atoms with E-state index in [4.69, 9.17) is 0 Å². The fraction of sp³-hybridized carbons (Fsp3) is 0.500. The van der Waals surface area contributed by atoms with E-state index in [1.54, 1.807) is 24.3 Å². The lowest BCUT2D eigenvalue weighted by Gasteiger charge is -2.33. The van der Waals surface area contributed by atoms with Crippen LogP contribution in [0.15, 0.2) is 24.3 Å². The van der Waals surface area contributed by atoms with E-state index in [9.17, 15) is 30.0 Å². The molecule has 0 saturated heterocycles. The molecular formula is C16H17NO6. The highest BCUT2D eigenvalue weighted by Gasteiger charge is 2.61. The van der Waals surface area contributed by atoms with Crippen LogP contribution < -0.4 is 0 Å². The standard InChI is InChI=1S/C16H17NO6/c18-11-9-5-8(9)10(12(19)14(21)13(11)20)17-15(22)6-3-1-2-4-7(6)16(17)23/h1-4,8-14,18-21H,5H2/t8-,9+,10-,11+,12-,13-,14+/m0/s1. The first-order valence-electron chi connectivity index (χ1n) is 7.62. The van der Waals surface area contributed by atoms with Crippen LogP contribution in [0.2, 0.25) is 0 Å². The molecule has 0 unspecified atom stereocenters. The third-order valence-electron chi connectivity index (χ3n) is 5.29. The molecule has 122 valence electrons. The molecule has 1 aromatic rings. The summed E-state index contributed by atoms with van der Waals surface area (Å²) in [4.78, 5) is 26.2. The fourth-order valence-electron chi connectivity index (χ4n) is 3.96. The van der Waals surface area contributed by atoms with Gasteiger partial charge in [-0.2, -0.15) is 0 Å². The topological polar surface area (TPSA) is 118 Å². The molecule has 3 aliphatic rings. The molecule has 2 fully saturated rings. The van der Waals surface area contributed by atoms with Gasteiger partial charge in [-0.05, 0) is 30.4 Å². The number of amides is 2. The van der Waals surface area contributed by atoms with Crippen LogP contribution in [-0.2, 0) is 0 Å². The minimum atomic E-state index is -1.62. The second-order valence-electron chi connectivity index (χ2n) is 6.54. The van der Waals surface area contributed by atoms with Crippen LogP contribution in [0.4, 0.5) is 0 Å². The number of hydrogen-bond acceptors (Lipinski definition) is 6. The number of aliphatic hydroxyl groups excluding tert-OH is 4. The van der Waals surface area contributed by atoms with Crippen molar-refractivity contribution in [2.24, 2.45) is 11.8 Å². The number of fused-ring (bicyclic) bond motifs is 2. The molecule has 7 nitrogen and oxygen atoms in total. The summed E-state index contributed by atoms with van der Waals surface area (Å²) in [6.07, 6.45) is -5.31. The number of rotatable bonds is 1. The maximum Gasteiger partial charge on any atom is 0.261 e. The molecular weight excluding hydrogens is 302 g/mol. The number of benzene rings is 1. The third-order valence-corrected chi connectivity index (χ3v) is 5.29. The van der Waals surface area contributed by atoms with Gasteiger partial charge in [-0.3, -0.25) is 14.5 Å². The highest BCUT2D eigenvalue weighted by atomic mass is 16.4. The van der Waals surface area contributed by atoms with Crippen molar-refractivity contribution in [3.05, 3.63) is 35.4 Å². The maximum atomic E-state index is 12.6. The Kier molecular flexibility index (Phi) is 3.11. The fourth-order valence-corrected chi connectivity index (χ4v) is 3.96. The smallest absolute Gasteiger partial charge is 0.261 e. The average molecular weight is 319 g/mol. The summed E-state index contributed by atoms with van der Waals surface area (Å²) in [5, 5.41) is 40.4. The summed E-state index contributed by atoms with van der Waals surface area (Å²) >= 11 is 0. The minimum Gasteiger partial charge on any atom is -0.390 e. The van der Waals surface area contributed by atoms with Gasteiger partial charge in [0.2, 0.25) is 0 Å². The van der Waals surface area contributed by atoms with Crippen molar-refractivity contribution < 1.29 is 30.0 Å². The normalized spacial score (nSPS) is 42.3. The molecule has 0 bridgehead atoms. The number of hydrogen-bond donors (Lipinski definition) is 4. The lowest BCUT2D eigenvalue weighted by Crippen LogP contribution is -2.54. The number of imide groups is 1. The zero-order valence-corrected chi connectivity index (χ0v) is 12.1. The SMILES string of the molecule is O=C1c2ccccc2C(=O)N1[C@@H]1[C@H](O)[C@@H](O)[C@@H](O)[C@H](O)[C@@H]2C[C@@H]21. The van der Waals surface area contributed by atoms with E-state index in [0.29, 0.717) is 6.42 Å². The van der Waals surface area contributed by atoms with E-state index in [1.807, 2.05) is 0 Å². The number of nitrogens with zero attached hydrogens (tertiary/aromatic N) is 1. The maximum absolute atomic E-state index is 12.6. The molecule has 1 heterocycles. The van der Waals surface area contributed by atoms with E-state index >= 15 is 0 Å². The Morgan fingerprint density at radius 3 is 1.87 bits per heavy atom. The van der Waals surface area contributed by atoms with Crippen molar-refractivity contribution in [3.63, 3.8) is 0 Å². The summed E-state index contributed by atoms with van der Waals surface area (Å²) in [5.74, 6) is -1.70. The lowest BCUT2D eigenvalue weighted by molar-refractivity contribution is -0.111. The number of aliphatic hydroxyl groups is 4. The van der Waals surface area contributed by atoms with Crippen molar-refractivity contribution in [1.29, 1.82) is 0 Å². The Labute approximate surface area is 131 Å². The third kappa shape index (κ3) is 1.91. The first kappa shape index (κ1) is 14.8. The van der Waals surface area contributed by atoms with Crippen LogP contribution in [0.25, 0.3) is 0 Å². The first-order valence-corrected chi connectivity index (χ1v) is 7.62. The molecule has 0 spiro atoms. The van der Waals surface area contributed by atoms with E-state index in [-0.39, 0.29) is 23.0 Å². The van der Waals surface area contributed by atoms with E-state index in [0.717, 1.165) is 4.90 Å². The van der Waals surface area contributed by atoms with Crippen molar-refractivity contribution in [3.8, 4) is 0 Å². The van der Waals surface area contributed by atoms with Gasteiger partial charge in [0.25, 0.3) is 11.8 Å². The second kappa shape index (κ2) is 4.85. The molecule has 23 heavy (non-hydrogen) atoms. The van der Waals surface area contributed by atoms with Crippen LogP contribution in [0, 0.1) is 11.8 Å². The van der Waals surface area contributed by atoms with E-state index < -0.39 is 42.3 Å². The van der Waals surface area contributed by atoms with Gasteiger partial charge in [-0.1, -0.05) is 12.1 Å². The quantitative estimate of drug-likeness (QED) is 0.480. The van der Waals surface area contributed by atoms with Gasteiger partial charge in [0.05, 0.1) is 23.3 Å². The number of carbonyl (C=O) groups excluding carboxylic acids is 2. The van der Waals surface area contributed by atoms with Gasteiger partial charge in [0.15, 0.2) is 0 Å². The molecule has 4 N–H and O–H groups in total. The summed E-state index contributed by atoms with van der Waals surface area (Å²) in [5.41, 5.74) is 0.531. The van der Waals surface area contributed by atoms with Crippen molar-refractivity contribution in [1.82, 2.24) is 4.90 Å². The van der Waals surface area contributed by atoms with Crippen LogP contribution in [0.1, 0.15) is 27.1 Å². The molecule has 1 aliphatic heterocycles. The highest BCUT2D eigenvalue weighted by molar-refractivity contribution is 6.21. The molecule has 2 aliphatic carbocycles. The molecule has 2 amide bonds. The zero-order chi connectivity index (χ0) is 16.5. The number of carbonyl (C=O) groups is 2. The minimum absolute atomic E-state index is 0.265. The van der Waals surface area contributed by atoms with Gasteiger partial charge in [0, 0.05) is 0 Å².